The molecule has 0 aromatic carbocycles. The van der Waals surface area contributed by atoms with Gasteiger partial charge in [-0.1, -0.05) is 80.3 Å². The van der Waals surface area contributed by atoms with Gasteiger partial charge in [-0.25, -0.2) is 4.79 Å². The molecule has 0 N–H and O–H groups in total. The first-order valence-electron chi connectivity index (χ1n) is 5.72. The minimum absolute atomic E-state index is 0.334. The van der Waals surface area contributed by atoms with Crippen molar-refractivity contribution < 1.29 is 9.53 Å². The van der Waals surface area contributed by atoms with E-state index in [9.17, 15) is 4.79 Å². The molecule has 96 valence electrons. The summed E-state index contributed by atoms with van der Waals surface area (Å²) >= 11 is 16.0. The normalized spacial score (nSPS) is 11.5. The van der Waals surface area contributed by atoms with Crippen LogP contribution in [0.4, 0.5) is 0 Å². The van der Waals surface area contributed by atoms with E-state index in [1.807, 2.05) is 0 Å². The minimum atomic E-state index is -1.94. The second-order valence-corrected chi connectivity index (χ2v) is 6.04. The van der Waals surface area contributed by atoms with Gasteiger partial charge in [0.1, 0.15) is 0 Å². The quantitative estimate of drug-likeness (QED) is 0.369. The van der Waals surface area contributed by atoms with Crippen LogP contribution in [0.1, 0.15) is 51.9 Å². The highest BCUT2D eigenvalue weighted by molar-refractivity contribution is 6.75. The van der Waals surface area contributed by atoms with Crippen molar-refractivity contribution in [1.29, 1.82) is 0 Å². The number of ether oxygens (including phenoxy) is 1. The van der Waals surface area contributed by atoms with E-state index in [0.29, 0.717) is 6.61 Å². The monoisotopic (exact) mass is 288 g/mol. The topological polar surface area (TPSA) is 26.3 Å². The summed E-state index contributed by atoms with van der Waals surface area (Å²) in [6.07, 6.45) is 8.13. The molecule has 0 aromatic heterocycles. The Balaban J connectivity index is 3.25. The molecular weight excluding hydrogens is 270 g/mol. The maximum Gasteiger partial charge on any atom is 0.358 e. The SMILES string of the molecule is CCCCCCCCCOC(=O)C(Cl)(Cl)Cl. The van der Waals surface area contributed by atoms with Gasteiger partial charge in [0, 0.05) is 0 Å². The molecule has 0 aliphatic carbocycles. The molecule has 0 aliphatic heterocycles. The first-order valence-corrected chi connectivity index (χ1v) is 6.85. The number of carbonyl (C=O) groups excluding carboxylic acids is 1. The van der Waals surface area contributed by atoms with E-state index in [-0.39, 0.29) is 0 Å². The number of esters is 1. The Morgan fingerprint density at radius 1 is 1.00 bits per heavy atom. The third-order valence-electron chi connectivity index (χ3n) is 2.21. The smallest absolute Gasteiger partial charge is 0.358 e. The lowest BCUT2D eigenvalue weighted by molar-refractivity contribution is -0.142. The largest absolute Gasteiger partial charge is 0.463 e. The molecule has 5 heteroatoms. The van der Waals surface area contributed by atoms with E-state index < -0.39 is 9.76 Å². The fourth-order valence-electron chi connectivity index (χ4n) is 1.31. The van der Waals surface area contributed by atoms with E-state index >= 15 is 0 Å². The molecule has 16 heavy (non-hydrogen) atoms. The number of unbranched alkanes of at least 4 members (excludes halogenated alkanes) is 6. The molecule has 0 amide bonds. The molecule has 0 heterocycles. The summed E-state index contributed by atoms with van der Waals surface area (Å²) in [7, 11) is 0. The standard InChI is InChI=1S/C11H19Cl3O2/c1-2-3-4-5-6-7-8-9-16-10(15)11(12,13)14/h2-9H2,1H3. The number of rotatable bonds is 8. The van der Waals surface area contributed by atoms with Crippen LogP contribution in [0, 0.1) is 0 Å². The Bertz CT molecular complexity index is 190. The van der Waals surface area contributed by atoms with Gasteiger partial charge >= 0.3 is 5.97 Å². The second-order valence-electron chi connectivity index (χ2n) is 3.75. The zero-order valence-corrected chi connectivity index (χ0v) is 11.9. The number of halogens is 3. The van der Waals surface area contributed by atoms with Crippen LogP contribution in [-0.2, 0) is 9.53 Å². The average molecular weight is 290 g/mol. The van der Waals surface area contributed by atoms with Crippen LogP contribution in [0.15, 0.2) is 0 Å². The summed E-state index contributed by atoms with van der Waals surface area (Å²) in [6, 6.07) is 0. The fraction of sp³-hybridized carbons (Fsp3) is 0.909. The van der Waals surface area contributed by atoms with Gasteiger partial charge in [0.05, 0.1) is 6.61 Å². The van der Waals surface area contributed by atoms with E-state index in [1.54, 1.807) is 0 Å². The summed E-state index contributed by atoms with van der Waals surface area (Å²) in [5.74, 6) is -0.788. The van der Waals surface area contributed by atoms with Crippen LogP contribution in [0.3, 0.4) is 0 Å². The van der Waals surface area contributed by atoms with Crippen molar-refractivity contribution in [3.05, 3.63) is 0 Å². The van der Waals surface area contributed by atoms with Gasteiger partial charge in [0.15, 0.2) is 0 Å². The lowest BCUT2D eigenvalue weighted by Crippen LogP contribution is -2.22. The predicted molar refractivity (Wildman–Crippen MR) is 69.2 cm³/mol. The molecule has 0 spiro atoms. The molecule has 0 bridgehead atoms. The third-order valence-corrected chi connectivity index (χ3v) is 2.68. The Hall–Kier alpha value is 0.340. The van der Waals surface area contributed by atoms with Crippen molar-refractivity contribution in [2.75, 3.05) is 6.61 Å². The highest BCUT2D eigenvalue weighted by atomic mass is 35.6. The van der Waals surface area contributed by atoms with Crippen LogP contribution in [-0.4, -0.2) is 16.4 Å². The maximum absolute atomic E-state index is 11.0. The first-order chi connectivity index (χ1) is 7.48. The van der Waals surface area contributed by atoms with Gasteiger partial charge in [-0.3, -0.25) is 0 Å². The number of hydrogen-bond acceptors (Lipinski definition) is 2. The van der Waals surface area contributed by atoms with Gasteiger partial charge < -0.3 is 4.74 Å². The molecule has 0 unspecified atom stereocenters. The molecule has 0 atom stereocenters. The Morgan fingerprint density at radius 3 is 2.00 bits per heavy atom. The first kappa shape index (κ1) is 16.3. The van der Waals surface area contributed by atoms with E-state index in [4.69, 9.17) is 39.5 Å². The zero-order chi connectivity index (χ0) is 12.4. The number of hydrogen-bond donors (Lipinski definition) is 0. The van der Waals surface area contributed by atoms with E-state index in [1.165, 1.54) is 32.1 Å². The summed E-state index contributed by atoms with van der Waals surface area (Å²) in [5.41, 5.74) is 0. The molecule has 0 aromatic rings. The molecule has 0 aliphatic rings. The lowest BCUT2D eigenvalue weighted by Gasteiger charge is -2.10. The zero-order valence-electron chi connectivity index (χ0n) is 9.61. The summed E-state index contributed by atoms with van der Waals surface area (Å²) in [6.45, 7) is 2.52. The van der Waals surface area contributed by atoms with Crippen LogP contribution < -0.4 is 0 Å². The Labute approximate surface area is 113 Å². The van der Waals surface area contributed by atoms with Crippen molar-refractivity contribution >= 4 is 40.8 Å². The van der Waals surface area contributed by atoms with Gasteiger partial charge in [-0.2, -0.15) is 0 Å². The Morgan fingerprint density at radius 2 is 1.50 bits per heavy atom. The minimum Gasteiger partial charge on any atom is -0.463 e. The van der Waals surface area contributed by atoms with Crippen LogP contribution >= 0.6 is 34.8 Å². The maximum atomic E-state index is 11.0. The van der Waals surface area contributed by atoms with Crippen LogP contribution in [0.5, 0.6) is 0 Å². The number of alkyl halides is 3. The third kappa shape index (κ3) is 9.56. The molecule has 0 rings (SSSR count). The molecule has 0 saturated carbocycles. The highest BCUT2D eigenvalue weighted by Crippen LogP contribution is 2.27. The van der Waals surface area contributed by atoms with Gasteiger partial charge in [-0.05, 0) is 6.42 Å². The second kappa shape index (κ2) is 9.38. The van der Waals surface area contributed by atoms with E-state index in [2.05, 4.69) is 6.92 Å². The molecule has 0 saturated heterocycles. The summed E-state index contributed by atoms with van der Waals surface area (Å²) < 4.78 is 2.86. The van der Waals surface area contributed by atoms with Crippen LogP contribution in [0.25, 0.3) is 0 Å². The van der Waals surface area contributed by atoms with Crippen LogP contribution in [0.2, 0.25) is 0 Å². The number of carbonyl (C=O) groups is 1. The molecule has 2 nitrogen and oxygen atoms in total. The van der Waals surface area contributed by atoms with Crippen molar-refractivity contribution in [2.45, 2.75) is 55.7 Å². The Kier molecular flexibility index (Phi) is 9.58. The van der Waals surface area contributed by atoms with Crippen molar-refractivity contribution in [3.8, 4) is 0 Å². The molecular formula is C11H19Cl3O2. The molecule has 0 fully saturated rings. The summed E-state index contributed by atoms with van der Waals surface area (Å²) in [5, 5.41) is 0. The van der Waals surface area contributed by atoms with E-state index in [0.717, 1.165) is 12.8 Å². The average Bonchev–Trinajstić information content (AvgIpc) is 2.20. The highest BCUT2D eigenvalue weighted by Gasteiger charge is 2.32. The summed E-state index contributed by atoms with van der Waals surface area (Å²) in [4.78, 5) is 11.0. The molecule has 0 radical (unpaired) electrons. The van der Waals surface area contributed by atoms with Gasteiger partial charge in [0.2, 0.25) is 0 Å². The van der Waals surface area contributed by atoms with Crippen molar-refractivity contribution in [1.82, 2.24) is 0 Å². The fourth-order valence-corrected chi connectivity index (χ4v) is 1.47. The van der Waals surface area contributed by atoms with Gasteiger partial charge in [0.25, 0.3) is 3.79 Å². The predicted octanol–water partition coefficient (Wildman–Crippen LogP) is 4.65. The van der Waals surface area contributed by atoms with Gasteiger partial charge in [-0.15, -0.1) is 0 Å². The van der Waals surface area contributed by atoms with Crippen molar-refractivity contribution in [2.24, 2.45) is 0 Å². The lowest BCUT2D eigenvalue weighted by atomic mass is 10.1. The van der Waals surface area contributed by atoms with Crippen molar-refractivity contribution in [3.63, 3.8) is 0 Å².